The molecule has 4 heteroatoms. The Bertz CT molecular complexity index is 278. The molecule has 0 spiro atoms. The number of nitrogen functional groups attached to an aromatic ring is 1. The summed E-state index contributed by atoms with van der Waals surface area (Å²) in [4.78, 5) is 0. The van der Waals surface area contributed by atoms with Gasteiger partial charge in [0.05, 0.1) is 12.3 Å². The fourth-order valence-electron chi connectivity index (χ4n) is 0.897. The maximum atomic E-state index is 8.55. The van der Waals surface area contributed by atoms with Crippen molar-refractivity contribution in [2.24, 2.45) is 0 Å². The Labute approximate surface area is 91.0 Å². The van der Waals surface area contributed by atoms with E-state index in [0.29, 0.717) is 24.5 Å². The normalized spacial score (nSPS) is 10.0. The molecule has 0 aliphatic heterocycles. The quantitative estimate of drug-likeness (QED) is 0.504. The lowest BCUT2D eigenvalue weighted by Gasteiger charge is -2.07. The molecule has 3 N–H and O–H groups in total. The van der Waals surface area contributed by atoms with Crippen LogP contribution in [0.1, 0.15) is 6.42 Å². The number of hydrogen-bond acceptors (Lipinski definition) is 3. The molecule has 3 nitrogen and oxygen atoms in total. The molecule has 0 heterocycles. The number of rotatable bonds is 4. The van der Waals surface area contributed by atoms with Gasteiger partial charge in [-0.15, -0.1) is 0 Å². The Kier molecular flexibility index (Phi) is 4.31. The smallest absolute Gasteiger partial charge is 0.142 e. The van der Waals surface area contributed by atoms with Crippen molar-refractivity contribution in [2.75, 3.05) is 18.9 Å². The first-order valence-corrected chi connectivity index (χ1v) is 5.10. The van der Waals surface area contributed by atoms with E-state index < -0.39 is 0 Å². The summed E-state index contributed by atoms with van der Waals surface area (Å²) >= 11 is 2.19. The van der Waals surface area contributed by atoms with E-state index in [0.717, 1.165) is 3.57 Å². The van der Waals surface area contributed by atoms with Crippen LogP contribution >= 0.6 is 22.6 Å². The minimum atomic E-state index is 0.143. The van der Waals surface area contributed by atoms with E-state index in [1.807, 2.05) is 18.2 Å². The van der Waals surface area contributed by atoms with E-state index in [1.54, 1.807) is 0 Å². The van der Waals surface area contributed by atoms with Crippen LogP contribution in [-0.2, 0) is 0 Å². The van der Waals surface area contributed by atoms with E-state index >= 15 is 0 Å². The Hall–Kier alpha value is -0.490. The maximum absolute atomic E-state index is 8.55. The highest BCUT2D eigenvalue weighted by atomic mass is 127. The maximum Gasteiger partial charge on any atom is 0.142 e. The zero-order valence-corrected chi connectivity index (χ0v) is 9.32. The monoisotopic (exact) mass is 293 g/mol. The lowest BCUT2D eigenvalue weighted by molar-refractivity contribution is 0.234. The van der Waals surface area contributed by atoms with E-state index in [2.05, 4.69) is 22.6 Å². The number of aliphatic hydroxyl groups excluding tert-OH is 1. The van der Waals surface area contributed by atoms with Gasteiger partial charge in [-0.3, -0.25) is 0 Å². The summed E-state index contributed by atoms with van der Waals surface area (Å²) < 4.78 is 6.43. The third-order valence-corrected chi connectivity index (χ3v) is 2.20. The summed E-state index contributed by atoms with van der Waals surface area (Å²) in [5.41, 5.74) is 6.35. The number of halogens is 1. The molecule has 0 atom stereocenters. The second-order valence-corrected chi connectivity index (χ2v) is 3.85. The number of aliphatic hydroxyl groups is 1. The lowest BCUT2D eigenvalue weighted by atomic mass is 10.3. The third-order valence-electron chi connectivity index (χ3n) is 1.53. The van der Waals surface area contributed by atoms with Crippen LogP contribution in [0.2, 0.25) is 0 Å². The van der Waals surface area contributed by atoms with Crippen molar-refractivity contribution in [1.29, 1.82) is 0 Å². The van der Waals surface area contributed by atoms with Crippen LogP contribution in [0.3, 0.4) is 0 Å². The molecule has 0 saturated carbocycles. The highest BCUT2D eigenvalue weighted by molar-refractivity contribution is 14.1. The number of benzene rings is 1. The number of anilines is 1. The van der Waals surface area contributed by atoms with Gasteiger partial charge in [-0.1, -0.05) is 0 Å². The predicted molar refractivity (Wildman–Crippen MR) is 60.8 cm³/mol. The Morgan fingerprint density at radius 2 is 2.23 bits per heavy atom. The van der Waals surface area contributed by atoms with Crippen molar-refractivity contribution in [3.63, 3.8) is 0 Å². The highest BCUT2D eigenvalue weighted by Gasteiger charge is 1.99. The molecular formula is C9H12INO2. The van der Waals surface area contributed by atoms with Crippen molar-refractivity contribution >= 4 is 28.3 Å². The van der Waals surface area contributed by atoms with Crippen LogP contribution < -0.4 is 10.5 Å². The van der Waals surface area contributed by atoms with Crippen LogP contribution in [0, 0.1) is 3.57 Å². The Morgan fingerprint density at radius 3 is 2.85 bits per heavy atom. The number of hydrogen-bond donors (Lipinski definition) is 2. The van der Waals surface area contributed by atoms with Crippen molar-refractivity contribution in [2.45, 2.75) is 6.42 Å². The van der Waals surface area contributed by atoms with Gasteiger partial charge in [-0.25, -0.2) is 0 Å². The summed E-state index contributed by atoms with van der Waals surface area (Å²) in [7, 11) is 0. The van der Waals surface area contributed by atoms with E-state index in [-0.39, 0.29) is 6.61 Å². The molecule has 0 aliphatic carbocycles. The van der Waals surface area contributed by atoms with Gasteiger partial charge < -0.3 is 15.6 Å². The molecule has 0 bridgehead atoms. The van der Waals surface area contributed by atoms with Crippen LogP contribution in [-0.4, -0.2) is 18.3 Å². The van der Waals surface area contributed by atoms with Crippen LogP contribution in [0.5, 0.6) is 5.75 Å². The Morgan fingerprint density at radius 1 is 1.46 bits per heavy atom. The molecule has 1 rings (SSSR count). The highest BCUT2D eigenvalue weighted by Crippen LogP contribution is 2.23. The van der Waals surface area contributed by atoms with Gasteiger partial charge in [0.15, 0.2) is 0 Å². The fourth-order valence-corrected chi connectivity index (χ4v) is 1.41. The molecule has 0 aromatic heterocycles. The SMILES string of the molecule is Nc1cc(I)ccc1OCCCO. The summed E-state index contributed by atoms with van der Waals surface area (Å²) in [6, 6.07) is 5.63. The van der Waals surface area contributed by atoms with Crippen LogP contribution in [0.15, 0.2) is 18.2 Å². The van der Waals surface area contributed by atoms with E-state index in [1.165, 1.54) is 0 Å². The van der Waals surface area contributed by atoms with Gasteiger partial charge in [0.1, 0.15) is 5.75 Å². The molecule has 13 heavy (non-hydrogen) atoms. The fraction of sp³-hybridized carbons (Fsp3) is 0.333. The first-order chi connectivity index (χ1) is 6.24. The molecule has 0 saturated heterocycles. The van der Waals surface area contributed by atoms with Gasteiger partial charge in [0, 0.05) is 16.6 Å². The molecule has 0 aliphatic rings. The topological polar surface area (TPSA) is 55.5 Å². The number of nitrogens with two attached hydrogens (primary N) is 1. The third kappa shape index (κ3) is 3.40. The number of ether oxygens (including phenoxy) is 1. The first kappa shape index (κ1) is 10.6. The van der Waals surface area contributed by atoms with Gasteiger partial charge in [-0.2, -0.15) is 0 Å². The van der Waals surface area contributed by atoms with Gasteiger partial charge in [0.25, 0.3) is 0 Å². The summed E-state index contributed by atoms with van der Waals surface area (Å²) in [5, 5.41) is 8.55. The lowest BCUT2D eigenvalue weighted by Crippen LogP contribution is -2.02. The standard InChI is InChI=1S/C9H12INO2/c10-7-2-3-9(8(11)6-7)13-5-1-4-12/h2-3,6,12H,1,4-5,11H2. The average Bonchev–Trinajstić information content (AvgIpc) is 2.09. The summed E-state index contributed by atoms with van der Waals surface area (Å²) in [6.45, 7) is 0.644. The molecule has 1 aromatic carbocycles. The molecule has 0 radical (unpaired) electrons. The second-order valence-electron chi connectivity index (χ2n) is 2.61. The van der Waals surface area contributed by atoms with Crippen molar-refractivity contribution in [3.05, 3.63) is 21.8 Å². The first-order valence-electron chi connectivity index (χ1n) is 4.02. The molecular weight excluding hydrogens is 281 g/mol. The largest absolute Gasteiger partial charge is 0.491 e. The Balaban J connectivity index is 2.56. The molecule has 0 unspecified atom stereocenters. The predicted octanol–water partition coefficient (Wildman–Crippen LogP) is 1.63. The zero-order valence-electron chi connectivity index (χ0n) is 7.16. The molecule has 0 fully saturated rings. The zero-order chi connectivity index (χ0) is 9.68. The average molecular weight is 293 g/mol. The van der Waals surface area contributed by atoms with Crippen molar-refractivity contribution < 1.29 is 9.84 Å². The van der Waals surface area contributed by atoms with Crippen LogP contribution in [0.4, 0.5) is 5.69 Å². The summed E-state index contributed by atoms with van der Waals surface area (Å²) in [5.74, 6) is 0.689. The van der Waals surface area contributed by atoms with Gasteiger partial charge in [-0.05, 0) is 40.8 Å². The van der Waals surface area contributed by atoms with Gasteiger partial charge in [0.2, 0.25) is 0 Å². The second kappa shape index (κ2) is 5.29. The summed E-state index contributed by atoms with van der Waals surface area (Å²) in [6.07, 6.45) is 0.630. The molecule has 72 valence electrons. The van der Waals surface area contributed by atoms with Crippen molar-refractivity contribution in [3.8, 4) is 5.75 Å². The molecule has 0 amide bonds. The van der Waals surface area contributed by atoms with Crippen molar-refractivity contribution in [1.82, 2.24) is 0 Å². The minimum absolute atomic E-state index is 0.143. The minimum Gasteiger partial charge on any atom is -0.491 e. The van der Waals surface area contributed by atoms with E-state index in [9.17, 15) is 0 Å². The van der Waals surface area contributed by atoms with Gasteiger partial charge >= 0.3 is 0 Å². The van der Waals surface area contributed by atoms with E-state index in [4.69, 9.17) is 15.6 Å². The van der Waals surface area contributed by atoms with Crippen LogP contribution in [0.25, 0.3) is 0 Å². The molecule has 1 aromatic rings.